The van der Waals surface area contributed by atoms with Gasteiger partial charge in [0.25, 0.3) is 10.1 Å². The second kappa shape index (κ2) is 2.43. The van der Waals surface area contributed by atoms with E-state index in [9.17, 15) is 8.42 Å². The van der Waals surface area contributed by atoms with E-state index in [1.807, 2.05) is 0 Å². The molecule has 5 heteroatoms. The van der Waals surface area contributed by atoms with Gasteiger partial charge in [-0.2, -0.15) is 8.42 Å². The Kier molecular flexibility index (Phi) is 2.40. The van der Waals surface area contributed by atoms with E-state index in [0.717, 1.165) is 0 Å². The van der Waals surface area contributed by atoms with Gasteiger partial charge in [0.1, 0.15) is 4.75 Å². The number of hydrogen-bond acceptors (Lipinski definition) is 3. The molecule has 0 saturated carbocycles. The highest BCUT2D eigenvalue weighted by atomic mass is 32.2. The minimum absolute atomic E-state index is 0.958. The molecule has 0 aromatic carbocycles. The zero-order chi connectivity index (χ0) is 9.50. The molecule has 0 rings (SSSR count). The molecule has 0 aromatic rings. The molecule has 0 unspecified atom stereocenters. The molecule has 0 aromatic heterocycles. The largest absolute Gasteiger partial charge is 0.324 e. The maximum atomic E-state index is 10.8. The van der Waals surface area contributed by atoms with Crippen LogP contribution in [0.5, 0.6) is 0 Å². The molecule has 0 aliphatic heterocycles. The Bertz CT molecular complexity index is 235. The van der Waals surface area contributed by atoms with Gasteiger partial charge < -0.3 is 5.73 Å². The summed E-state index contributed by atoms with van der Waals surface area (Å²) in [7, 11) is -4.09. The summed E-state index contributed by atoms with van der Waals surface area (Å²) in [5.41, 5.74) is 4.60. The first kappa shape index (κ1) is 10.9. The van der Waals surface area contributed by atoms with Crippen LogP contribution in [0, 0.1) is 0 Å². The van der Waals surface area contributed by atoms with Crippen LogP contribution in [0.1, 0.15) is 27.7 Å². The number of nitrogens with two attached hydrogens (primary N) is 1. The van der Waals surface area contributed by atoms with E-state index in [-0.39, 0.29) is 0 Å². The van der Waals surface area contributed by atoms with Crippen molar-refractivity contribution in [3.8, 4) is 0 Å². The van der Waals surface area contributed by atoms with E-state index in [2.05, 4.69) is 0 Å². The minimum Gasteiger partial charge on any atom is -0.324 e. The van der Waals surface area contributed by atoms with Crippen molar-refractivity contribution in [1.82, 2.24) is 0 Å². The lowest BCUT2D eigenvalue weighted by Gasteiger charge is -2.34. The predicted octanol–water partition coefficient (Wildman–Crippen LogP) is 0.390. The molecule has 0 amide bonds. The van der Waals surface area contributed by atoms with Crippen LogP contribution in [0.25, 0.3) is 0 Å². The van der Waals surface area contributed by atoms with Crippen LogP contribution >= 0.6 is 0 Å². The van der Waals surface area contributed by atoms with Crippen LogP contribution in [0.2, 0.25) is 0 Å². The lowest BCUT2D eigenvalue weighted by Crippen LogP contribution is -2.56. The third kappa shape index (κ3) is 1.91. The van der Waals surface area contributed by atoms with Crippen molar-refractivity contribution in [1.29, 1.82) is 0 Å². The Balaban J connectivity index is 5.08. The van der Waals surface area contributed by atoms with E-state index in [0.29, 0.717) is 0 Å². The van der Waals surface area contributed by atoms with E-state index in [4.69, 9.17) is 10.3 Å². The van der Waals surface area contributed by atoms with Gasteiger partial charge in [-0.1, -0.05) is 0 Å². The van der Waals surface area contributed by atoms with Gasteiger partial charge in [0.05, 0.1) is 0 Å². The van der Waals surface area contributed by atoms with Gasteiger partial charge in [-0.15, -0.1) is 0 Å². The Morgan fingerprint density at radius 1 is 1.18 bits per heavy atom. The SMILES string of the molecule is CC(C)(N)C(C)(C)S(=O)(=O)O. The first-order valence-corrected chi connectivity index (χ1v) is 4.70. The van der Waals surface area contributed by atoms with E-state index in [1.54, 1.807) is 13.8 Å². The smallest absolute Gasteiger partial charge is 0.271 e. The molecular weight excluding hydrogens is 166 g/mol. The first-order valence-electron chi connectivity index (χ1n) is 3.26. The number of rotatable bonds is 2. The summed E-state index contributed by atoms with van der Waals surface area (Å²) in [6.07, 6.45) is 0. The third-order valence-electron chi connectivity index (χ3n) is 2.20. The molecule has 68 valence electrons. The van der Waals surface area contributed by atoms with Crippen molar-refractivity contribution < 1.29 is 13.0 Å². The zero-order valence-electron chi connectivity index (χ0n) is 7.25. The van der Waals surface area contributed by atoms with Gasteiger partial charge in [0.15, 0.2) is 0 Å². The van der Waals surface area contributed by atoms with Gasteiger partial charge in [-0.3, -0.25) is 4.55 Å². The van der Waals surface area contributed by atoms with E-state index < -0.39 is 20.4 Å². The molecule has 0 radical (unpaired) electrons. The monoisotopic (exact) mass is 181 g/mol. The fraction of sp³-hybridized carbons (Fsp3) is 1.00. The van der Waals surface area contributed by atoms with Crippen molar-refractivity contribution in [3.63, 3.8) is 0 Å². The van der Waals surface area contributed by atoms with Gasteiger partial charge in [-0.05, 0) is 27.7 Å². The predicted molar refractivity (Wildman–Crippen MR) is 43.9 cm³/mol. The standard InChI is InChI=1S/C6H15NO3S/c1-5(2,7)6(3,4)11(8,9)10/h7H2,1-4H3,(H,8,9,10). The molecule has 0 spiro atoms. The van der Waals surface area contributed by atoms with Crippen molar-refractivity contribution in [2.45, 2.75) is 38.0 Å². The van der Waals surface area contributed by atoms with Crippen molar-refractivity contribution in [2.75, 3.05) is 0 Å². The summed E-state index contributed by atoms with van der Waals surface area (Å²) < 4.78 is 29.0. The fourth-order valence-corrected chi connectivity index (χ4v) is 0.997. The second-order valence-electron chi connectivity index (χ2n) is 3.71. The normalized spacial score (nSPS) is 15.1. The molecule has 0 bridgehead atoms. The molecule has 3 N–H and O–H groups in total. The maximum absolute atomic E-state index is 10.8. The van der Waals surface area contributed by atoms with Crippen LogP contribution in [0.4, 0.5) is 0 Å². The highest BCUT2D eigenvalue weighted by Crippen LogP contribution is 2.26. The van der Waals surface area contributed by atoms with Crippen LogP contribution in [-0.2, 0) is 10.1 Å². The zero-order valence-corrected chi connectivity index (χ0v) is 8.07. The quantitative estimate of drug-likeness (QED) is 0.604. The Labute approximate surface area is 67.5 Å². The lowest BCUT2D eigenvalue weighted by atomic mass is 9.91. The molecule has 0 aliphatic rings. The Morgan fingerprint density at radius 3 is 1.45 bits per heavy atom. The highest BCUT2D eigenvalue weighted by Gasteiger charge is 2.44. The molecule has 0 heterocycles. The molecule has 0 aliphatic carbocycles. The van der Waals surface area contributed by atoms with Gasteiger partial charge in [0, 0.05) is 5.54 Å². The van der Waals surface area contributed by atoms with Crippen LogP contribution in [0.15, 0.2) is 0 Å². The van der Waals surface area contributed by atoms with E-state index >= 15 is 0 Å². The second-order valence-corrected chi connectivity index (χ2v) is 5.68. The molecule has 0 saturated heterocycles. The average molecular weight is 181 g/mol. The van der Waals surface area contributed by atoms with Crippen molar-refractivity contribution in [2.24, 2.45) is 5.73 Å². The Morgan fingerprint density at radius 2 is 1.45 bits per heavy atom. The van der Waals surface area contributed by atoms with Crippen LogP contribution in [-0.4, -0.2) is 23.3 Å². The minimum atomic E-state index is -4.09. The maximum Gasteiger partial charge on any atom is 0.271 e. The van der Waals surface area contributed by atoms with Crippen molar-refractivity contribution in [3.05, 3.63) is 0 Å². The third-order valence-corrected chi connectivity index (χ3v) is 4.01. The van der Waals surface area contributed by atoms with Gasteiger partial charge in [0.2, 0.25) is 0 Å². The lowest BCUT2D eigenvalue weighted by molar-refractivity contribution is 0.349. The summed E-state index contributed by atoms with van der Waals surface area (Å²) in [6.45, 7) is 5.90. The summed E-state index contributed by atoms with van der Waals surface area (Å²) in [5.74, 6) is 0. The van der Waals surface area contributed by atoms with Gasteiger partial charge >= 0.3 is 0 Å². The average Bonchev–Trinajstić information content (AvgIpc) is 1.58. The summed E-state index contributed by atoms with van der Waals surface area (Å²) >= 11 is 0. The fourth-order valence-electron chi connectivity index (χ4n) is 0.332. The summed E-state index contributed by atoms with van der Waals surface area (Å²) in [5, 5.41) is 0. The molecule has 0 fully saturated rings. The molecular formula is C6H15NO3S. The number of hydrogen-bond donors (Lipinski definition) is 2. The summed E-state index contributed by atoms with van der Waals surface area (Å²) in [4.78, 5) is 0. The van der Waals surface area contributed by atoms with Crippen LogP contribution in [0.3, 0.4) is 0 Å². The highest BCUT2D eigenvalue weighted by molar-refractivity contribution is 7.87. The van der Waals surface area contributed by atoms with Crippen LogP contribution < -0.4 is 5.73 Å². The summed E-state index contributed by atoms with van der Waals surface area (Å²) in [6, 6.07) is 0. The Hall–Kier alpha value is -0.130. The molecule has 4 nitrogen and oxygen atoms in total. The first-order chi connectivity index (χ1) is 4.50. The molecule has 11 heavy (non-hydrogen) atoms. The molecule has 0 atom stereocenters. The van der Waals surface area contributed by atoms with Crippen molar-refractivity contribution >= 4 is 10.1 Å². The topological polar surface area (TPSA) is 80.4 Å². The van der Waals surface area contributed by atoms with E-state index in [1.165, 1.54) is 13.8 Å². The van der Waals surface area contributed by atoms with Gasteiger partial charge in [-0.25, -0.2) is 0 Å².